The van der Waals surface area contributed by atoms with Crippen molar-refractivity contribution in [2.24, 2.45) is 0 Å². The Morgan fingerprint density at radius 2 is 2.10 bits per heavy atom. The molecule has 21 heavy (non-hydrogen) atoms. The van der Waals surface area contributed by atoms with Gasteiger partial charge >= 0.3 is 0 Å². The monoisotopic (exact) mass is 284 g/mol. The van der Waals surface area contributed by atoms with Crippen molar-refractivity contribution in [2.45, 2.75) is 26.9 Å². The van der Waals surface area contributed by atoms with E-state index in [0.717, 1.165) is 47.0 Å². The molecule has 1 aromatic heterocycles. The maximum atomic E-state index is 9.74. The highest BCUT2D eigenvalue weighted by Gasteiger charge is 2.21. The lowest BCUT2D eigenvalue weighted by molar-refractivity contribution is 0.281. The van der Waals surface area contributed by atoms with Crippen LogP contribution in [0.5, 0.6) is 5.75 Å². The predicted octanol–water partition coefficient (Wildman–Crippen LogP) is 3.11. The minimum Gasteiger partial charge on any atom is -0.491 e. The van der Waals surface area contributed by atoms with E-state index in [0.29, 0.717) is 6.61 Å². The van der Waals surface area contributed by atoms with Gasteiger partial charge < -0.3 is 14.7 Å². The van der Waals surface area contributed by atoms with Gasteiger partial charge in [0.1, 0.15) is 11.6 Å². The number of anilines is 2. The number of benzene rings is 1. The van der Waals surface area contributed by atoms with Gasteiger partial charge in [0.15, 0.2) is 0 Å². The lowest BCUT2D eigenvalue weighted by Gasteiger charge is -2.26. The molecule has 0 aliphatic carbocycles. The van der Waals surface area contributed by atoms with Crippen LogP contribution >= 0.6 is 0 Å². The van der Waals surface area contributed by atoms with E-state index in [1.807, 2.05) is 44.2 Å². The fourth-order valence-corrected chi connectivity index (χ4v) is 2.81. The highest BCUT2D eigenvalue weighted by molar-refractivity contribution is 5.70. The van der Waals surface area contributed by atoms with E-state index < -0.39 is 0 Å². The van der Waals surface area contributed by atoms with Crippen LogP contribution < -0.4 is 9.64 Å². The normalized spacial score (nSPS) is 14.3. The molecular formula is C17H20N2O2. The number of pyridine rings is 1. The zero-order valence-corrected chi connectivity index (χ0v) is 12.5. The van der Waals surface area contributed by atoms with Crippen LogP contribution in [0.15, 0.2) is 30.3 Å². The second-order valence-electron chi connectivity index (χ2n) is 5.36. The average molecular weight is 284 g/mol. The predicted molar refractivity (Wildman–Crippen MR) is 83.2 cm³/mol. The largest absolute Gasteiger partial charge is 0.491 e. The maximum absolute atomic E-state index is 9.74. The molecule has 0 fully saturated rings. The van der Waals surface area contributed by atoms with Gasteiger partial charge in [-0.3, -0.25) is 0 Å². The van der Waals surface area contributed by atoms with Crippen LogP contribution in [0.25, 0.3) is 0 Å². The van der Waals surface area contributed by atoms with Gasteiger partial charge in [-0.15, -0.1) is 0 Å². The molecule has 1 aromatic carbocycles. The van der Waals surface area contributed by atoms with Gasteiger partial charge in [-0.1, -0.05) is 12.1 Å². The molecule has 4 heteroatoms. The molecule has 2 aromatic rings. The SMILES string of the molecule is Cc1cc(C)c(CO)c(N2CCCOc3ccccc32)n1. The summed E-state index contributed by atoms with van der Waals surface area (Å²) in [6.45, 7) is 5.53. The maximum Gasteiger partial charge on any atom is 0.142 e. The van der Waals surface area contributed by atoms with Crippen LogP contribution in [0.4, 0.5) is 11.5 Å². The topological polar surface area (TPSA) is 45.6 Å². The summed E-state index contributed by atoms with van der Waals surface area (Å²) in [5.74, 6) is 1.72. The average Bonchev–Trinajstić information content (AvgIpc) is 2.68. The van der Waals surface area contributed by atoms with E-state index in [1.54, 1.807) is 0 Å². The lowest BCUT2D eigenvalue weighted by Crippen LogP contribution is -2.21. The molecule has 4 nitrogen and oxygen atoms in total. The van der Waals surface area contributed by atoms with Gasteiger partial charge in [-0.25, -0.2) is 4.98 Å². The second kappa shape index (κ2) is 5.74. The zero-order valence-electron chi connectivity index (χ0n) is 12.5. The molecule has 0 amide bonds. The molecule has 2 heterocycles. The number of aliphatic hydroxyl groups is 1. The molecule has 1 aliphatic rings. The van der Waals surface area contributed by atoms with Crippen molar-refractivity contribution in [3.63, 3.8) is 0 Å². The third kappa shape index (κ3) is 2.59. The van der Waals surface area contributed by atoms with Gasteiger partial charge in [0.05, 0.1) is 18.9 Å². The smallest absolute Gasteiger partial charge is 0.142 e. The van der Waals surface area contributed by atoms with Crippen molar-refractivity contribution >= 4 is 11.5 Å². The second-order valence-corrected chi connectivity index (χ2v) is 5.36. The summed E-state index contributed by atoms with van der Waals surface area (Å²) in [5, 5.41) is 9.74. The molecule has 0 bridgehead atoms. The van der Waals surface area contributed by atoms with E-state index in [4.69, 9.17) is 4.74 Å². The number of aliphatic hydroxyl groups excluding tert-OH is 1. The number of hydrogen-bond donors (Lipinski definition) is 1. The quantitative estimate of drug-likeness (QED) is 0.920. The highest BCUT2D eigenvalue weighted by atomic mass is 16.5. The Labute approximate surface area is 125 Å². The van der Waals surface area contributed by atoms with Crippen LogP contribution in [0.3, 0.4) is 0 Å². The first kappa shape index (κ1) is 13.9. The molecule has 1 aliphatic heterocycles. The molecule has 1 N–H and O–H groups in total. The molecule has 0 saturated carbocycles. The third-order valence-corrected chi connectivity index (χ3v) is 3.81. The Balaban J connectivity index is 2.16. The molecule has 0 radical (unpaired) electrons. The lowest BCUT2D eigenvalue weighted by atomic mass is 10.1. The zero-order chi connectivity index (χ0) is 14.8. The van der Waals surface area contributed by atoms with E-state index in [1.165, 1.54) is 0 Å². The van der Waals surface area contributed by atoms with Crippen LogP contribution in [-0.2, 0) is 6.61 Å². The molecule has 110 valence electrons. The number of nitrogens with zero attached hydrogens (tertiary/aromatic N) is 2. The van der Waals surface area contributed by atoms with Crippen molar-refractivity contribution in [2.75, 3.05) is 18.1 Å². The summed E-state index contributed by atoms with van der Waals surface area (Å²) >= 11 is 0. The Bertz CT molecular complexity index is 655. The van der Waals surface area contributed by atoms with Gasteiger partial charge in [0.25, 0.3) is 0 Å². The van der Waals surface area contributed by atoms with Crippen molar-refractivity contribution in [1.82, 2.24) is 4.98 Å². The van der Waals surface area contributed by atoms with Crippen LogP contribution in [-0.4, -0.2) is 23.2 Å². The van der Waals surface area contributed by atoms with E-state index in [9.17, 15) is 5.11 Å². The number of fused-ring (bicyclic) bond motifs is 1. The molecule has 3 rings (SSSR count). The minimum atomic E-state index is -0.00598. The number of aryl methyl sites for hydroxylation is 2. The first-order chi connectivity index (χ1) is 10.2. The number of rotatable bonds is 2. The summed E-state index contributed by atoms with van der Waals surface area (Å²) < 4.78 is 5.80. The van der Waals surface area contributed by atoms with Crippen molar-refractivity contribution in [3.8, 4) is 5.75 Å². The standard InChI is InChI=1S/C17H20N2O2/c1-12-10-13(2)18-17(14(12)11-20)19-8-5-9-21-16-7-4-3-6-15(16)19/h3-4,6-7,10,20H,5,8-9,11H2,1-2H3. The van der Waals surface area contributed by atoms with Gasteiger partial charge in [0, 0.05) is 17.8 Å². The van der Waals surface area contributed by atoms with Gasteiger partial charge in [-0.05, 0) is 44.0 Å². The fraction of sp³-hybridized carbons (Fsp3) is 0.353. The Morgan fingerprint density at radius 1 is 1.29 bits per heavy atom. The molecule has 0 unspecified atom stereocenters. The van der Waals surface area contributed by atoms with Crippen molar-refractivity contribution in [1.29, 1.82) is 0 Å². The minimum absolute atomic E-state index is 0.00598. The first-order valence-electron chi connectivity index (χ1n) is 7.28. The Morgan fingerprint density at radius 3 is 2.90 bits per heavy atom. The molecule has 0 saturated heterocycles. The van der Waals surface area contributed by atoms with Crippen molar-refractivity contribution in [3.05, 3.63) is 47.2 Å². The van der Waals surface area contributed by atoms with Crippen LogP contribution in [0.2, 0.25) is 0 Å². The van der Waals surface area contributed by atoms with Gasteiger partial charge in [-0.2, -0.15) is 0 Å². The third-order valence-electron chi connectivity index (χ3n) is 3.81. The molecule has 0 spiro atoms. The summed E-state index contributed by atoms with van der Waals surface area (Å²) in [7, 11) is 0. The van der Waals surface area contributed by atoms with Crippen LogP contribution in [0.1, 0.15) is 23.2 Å². The number of para-hydroxylation sites is 2. The van der Waals surface area contributed by atoms with Crippen LogP contribution in [0, 0.1) is 13.8 Å². The molecular weight excluding hydrogens is 264 g/mol. The fourth-order valence-electron chi connectivity index (χ4n) is 2.81. The van der Waals surface area contributed by atoms with Crippen molar-refractivity contribution < 1.29 is 9.84 Å². The van der Waals surface area contributed by atoms with E-state index >= 15 is 0 Å². The van der Waals surface area contributed by atoms with E-state index in [2.05, 4.69) is 9.88 Å². The summed E-state index contributed by atoms with van der Waals surface area (Å²) in [5.41, 5.74) is 3.93. The Hall–Kier alpha value is -2.07. The highest BCUT2D eigenvalue weighted by Crippen LogP contribution is 2.37. The van der Waals surface area contributed by atoms with E-state index in [-0.39, 0.29) is 6.61 Å². The summed E-state index contributed by atoms with van der Waals surface area (Å²) in [6.07, 6.45) is 0.925. The number of ether oxygens (including phenoxy) is 1. The summed E-state index contributed by atoms with van der Waals surface area (Å²) in [4.78, 5) is 6.84. The number of aromatic nitrogens is 1. The Kier molecular flexibility index (Phi) is 3.80. The summed E-state index contributed by atoms with van der Waals surface area (Å²) in [6, 6.07) is 10.0. The first-order valence-corrected chi connectivity index (χ1v) is 7.28. The molecule has 0 atom stereocenters. The number of hydrogen-bond acceptors (Lipinski definition) is 4. The van der Waals surface area contributed by atoms with Gasteiger partial charge in [0.2, 0.25) is 0 Å².